The molecule has 3 aromatic rings. The molecule has 0 aliphatic rings. The molecule has 3 rings (SSSR count). The number of tetrazole rings is 1. The Hall–Kier alpha value is -1.85. The monoisotopic (exact) mass is 330 g/mol. The number of thioether (sulfide) groups is 1. The SMILES string of the molecule is Cc1ccccc1-n1nnnc1S[C@@H](C)c1ccccc1Cl. The number of hydrogen-bond donors (Lipinski definition) is 0. The molecule has 0 amide bonds. The second-order valence-corrected chi connectivity index (χ2v) is 6.66. The second-order valence-electron chi connectivity index (χ2n) is 4.94. The topological polar surface area (TPSA) is 43.6 Å². The Bertz CT molecular complexity index is 787. The van der Waals surface area contributed by atoms with E-state index in [1.807, 2.05) is 55.5 Å². The largest absolute Gasteiger partial charge is 0.214 e. The van der Waals surface area contributed by atoms with Crippen LogP contribution in [0.5, 0.6) is 0 Å². The van der Waals surface area contributed by atoms with Crippen LogP contribution in [0.1, 0.15) is 23.3 Å². The molecule has 0 N–H and O–H groups in total. The van der Waals surface area contributed by atoms with E-state index in [1.165, 1.54) is 0 Å². The van der Waals surface area contributed by atoms with Crippen molar-refractivity contribution in [2.24, 2.45) is 0 Å². The molecule has 22 heavy (non-hydrogen) atoms. The molecule has 0 aliphatic heterocycles. The lowest BCUT2D eigenvalue weighted by atomic mass is 10.2. The molecular formula is C16H15ClN4S. The highest BCUT2D eigenvalue weighted by Crippen LogP contribution is 2.37. The minimum Gasteiger partial charge on any atom is -0.187 e. The van der Waals surface area contributed by atoms with Crippen LogP contribution in [0.3, 0.4) is 0 Å². The maximum absolute atomic E-state index is 6.27. The van der Waals surface area contributed by atoms with Crippen molar-refractivity contribution in [3.63, 3.8) is 0 Å². The van der Waals surface area contributed by atoms with Gasteiger partial charge in [-0.15, -0.1) is 5.10 Å². The Morgan fingerprint density at radius 3 is 2.59 bits per heavy atom. The number of aryl methyl sites for hydroxylation is 1. The predicted molar refractivity (Wildman–Crippen MR) is 89.6 cm³/mol. The van der Waals surface area contributed by atoms with Crippen molar-refractivity contribution >= 4 is 23.4 Å². The summed E-state index contributed by atoms with van der Waals surface area (Å²) >= 11 is 7.86. The summed E-state index contributed by atoms with van der Waals surface area (Å²) in [7, 11) is 0. The third-order valence-electron chi connectivity index (χ3n) is 3.41. The first-order valence-corrected chi connectivity index (χ1v) is 8.18. The van der Waals surface area contributed by atoms with Crippen LogP contribution in [0.25, 0.3) is 5.69 Å². The average molecular weight is 331 g/mol. The molecule has 112 valence electrons. The quantitative estimate of drug-likeness (QED) is 0.662. The molecule has 2 aromatic carbocycles. The lowest BCUT2D eigenvalue weighted by Crippen LogP contribution is -2.02. The summed E-state index contributed by atoms with van der Waals surface area (Å²) in [5.74, 6) is 0. The summed E-state index contributed by atoms with van der Waals surface area (Å²) in [6, 6.07) is 15.9. The molecular weight excluding hydrogens is 316 g/mol. The maximum atomic E-state index is 6.27. The van der Waals surface area contributed by atoms with Gasteiger partial charge >= 0.3 is 0 Å². The standard InChI is InChI=1S/C16H15ClN4S/c1-11-7-3-6-10-15(11)21-16(18-19-20-21)22-12(2)13-8-4-5-9-14(13)17/h3-10,12H,1-2H3/t12-/m0/s1. The predicted octanol–water partition coefficient (Wildman–Crippen LogP) is 4.48. The van der Waals surface area contributed by atoms with Gasteiger partial charge in [0.25, 0.3) is 0 Å². The number of para-hydroxylation sites is 1. The molecule has 1 aromatic heterocycles. The third-order valence-corrected chi connectivity index (χ3v) is 4.83. The fourth-order valence-electron chi connectivity index (χ4n) is 2.23. The smallest absolute Gasteiger partial charge is 0.187 e. The Labute approximate surface area is 138 Å². The Morgan fingerprint density at radius 2 is 1.82 bits per heavy atom. The molecule has 0 radical (unpaired) electrons. The Kier molecular flexibility index (Phi) is 4.45. The van der Waals surface area contributed by atoms with E-state index in [0.717, 1.165) is 27.0 Å². The van der Waals surface area contributed by atoms with E-state index in [-0.39, 0.29) is 5.25 Å². The van der Waals surface area contributed by atoms with Crippen LogP contribution in [0.2, 0.25) is 5.02 Å². The molecule has 0 unspecified atom stereocenters. The molecule has 6 heteroatoms. The molecule has 4 nitrogen and oxygen atoms in total. The molecule has 1 atom stereocenters. The van der Waals surface area contributed by atoms with Crippen molar-refractivity contribution in [1.29, 1.82) is 0 Å². The van der Waals surface area contributed by atoms with E-state index >= 15 is 0 Å². The fraction of sp³-hybridized carbons (Fsp3) is 0.188. The van der Waals surface area contributed by atoms with Crippen LogP contribution >= 0.6 is 23.4 Å². The van der Waals surface area contributed by atoms with E-state index in [9.17, 15) is 0 Å². The summed E-state index contributed by atoms with van der Waals surface area (Å²) in [5, 5.41) is 13.8. The zero-order valence-corrected chi connectivity index (χ0v) is 13.8. The van der Waals surface area contributed by atoms with E-state index in [0.29, 0.717) is 0 Å². The Morgan fingerprint density at radius 1 is 1.09 bits per heavy atom. The van der Waals surface area contributed by atoms with Gasteiger partial charge in [0.1, 0.15) is 0 Å². The molecule has 0 fully saturated rings. The van der Waals surface area contributed by atoms with Gasteiger partial charge in [-0.05, 0) is 47.5 Å². The second kappa shape index (κ2) is 6.50. The third kappa shape index (κ3) is 3.00. The van der Waals surface area contributed by atoms with Crippen molar-refractivity contribution < 1.29 is 0 Å². The average Bonchev–Trinajstić information content (AvgIpc) is 2.96. The zero-order chi connectivity index (χ0) is 15.5. The van der Waals surface area contributed by atoms with Crippen LogP contribution < -0.4 is 0 Å². The number of rotatable bonds is 4. The van der Waals surface area contributed by atoms with Crippen molar-refractivity contribution in [1.82, 2.24) is 20.2 Å². The van der Waals surface area contributed by atoms with Crippen molar-refractivity contribution in [2.45, 2.75) is 24.3 Å². The first-order valence-electron chi connectivity index (χ1n) is 6.92. The molecule has 0 spiro atoms. The van der Waals surface area contributed by atoms with Gasteiger partial charge in [0.05, 0.1) is 5.69 Å². The van der Waals surface area contributed by atoms with Gasteiger partial charge < -0.3 is 0 Å². The van der Waals surface area contributed by atoms with Gasteiger partial charge in [0, 0.05) is 10.3 Å². The van der Waals surface area contributed by atoms with Gasteiger partial charge in [0.15, 0.2) is 0 Å². The van der Waals surface area contributed by atoms with E-state index < -0.39 is 0 Å². The summed E-state index contributed by atoms with van der Waals surface area (Å²) in [4.78, 5) is 0. The van der Waals surface area contributed by atoms with Gasteiger partial charge in [-0.1, -0.05) is 59.8 Å². The maximum Gasteiger partial charge on any atom is 0.214 e. The van der Waals surface area contributed by atoms with E-state index in [4.69, 9.17) is 11.6 Å². The molecule has 0 bridgehead atoms. The zero-order valence-electron chi connectivity index (χ0n) is 12.3. The highest BCUT2D eigenvalue weighted by Gasteiger charge is 2.17. The number of nitrogens with zero attached hydrogens (tertiary/aromatic N) is 4. The summed E-state index contributed by atoms with van der Waals surface area (Å²) in [5.41, 5.74) is 3.19. The first kappa shape index (κ1) is 15.1. The summed E-state index contributed by atoms with van der Waals surface area (Å²) < 4.78 is 1.77. The van der Waals surface area contributed by atoms with Crippen molar-refractivity contribution in [2.75, 3.05) is 0 Å². The van der Waals surface area contributed by atoms with Gasteiger partial charge in [-0.3, -0.25) is 0 Å². The van der Waals surface area contributed by atoms with Crippen molar-refractivity contribution in [3.05, 3.63) is 64.7 Å². The van der Waals surface area contributed by atoms with Gasteiger partial charge in [-0.2, -0.15) is 4.68 Å². The highest BCUT2D eigenvalue weighted by molar-refractivity contribution is 7.99. The fourth-order valence-corrected chi connectivity index (χ4v) is 3.56. The summed E-state index contributed by atoms with van der Waals surface area (Å²) in [6.07, 6.45) is 0. The van der Waals surface area contributed by atoms with Crippen LogP contribution in [-0.4, -0.2) is 20.2 Å². The van der Waals surface area contributed by atoms with E-state index in [2.05, 4.69) is 22.4 Å². The van der Waals surface area contributed by atoms with E-state index in [1.54, 1.807) is 16.4 Å². The van der Waals surface area contributed by atoms with Crippen LogP contribution in [-0.2, 0) is 0 Å². The number of benzene rings is 2. The number of aromatic nitrogens is 4. The molecule has 0 aliphatic carbocycles. The van der Waals surface area contributed by atoms with Crippen LogP contribution in [0.15, 0.2) is 53.7 Å². The minimum atomic E-state index is 0.155. The molecule has 0 saturated carbocycles. The Balaban J connectivity index is 1.90. The summed E-state index contributed by atoms with van der Waals surface area (Å²) in [6.45, 7) is 4.14. The highest BCUT2D eigenvalue weighted by atomic mass is 35.5. The lowest BCUT2D eigenvalue weighted by Gasteiger charge is -2.13. The first-order chi connectivity index (χ1) is 10.7. The lowest BCUT2D eigenvalue weighted by molar-refractivity contribution is 0.750. The number of halogens is 1. The van der Waals surface area contributed by atoms with Crippen LogP contribution in [0, 0.1) is 6.92 Å². The van der Waals surface area contributed by atoms with Gasteiger partial charge in [0.2, 0.25) is 5.16 Å². The number of hydrogen-bond acceptors (Lipinski definition) is 4. The van der Waals surface area contributed by atoms with Crippen LogP contribution in [0.4, 0.5) is 0 Å². The molecule has 0 saturated heterocycles. The molecule has 1 heterocycles. The normalized spacial score (nSPS) is 12.3. The minimum absolute atomic E-state index is 0.155. The van der Waals surface area contributed by atoms with Gasteiger partial charge in [-0.25, -0.2) is 0 Å². The van der Waals surface area contributed by atoms with Crippen molar-refractivity contribution in [3.8, 4) is 5.69 Å².